The van der Waals surface area contributed by atoms with Crippen molar-refractivity contribution in [3.8, 4) is 11.5 Å². The zero-order valence-corrected chi connectivity index (χ0v) is 16.4. The SMILES string of the molecule is CCCCCCCc1cc(O)c2c(c1)OC(C)(C)[C@@H]1CCC(C)=C[C@@H]21. The molecule has 1 heterocycles. The number of aryl methyl sites for hydroxylation is 1. The molecule has 2 nitrogen and oxygen atoms in total. The van der Waals surface area contributed by atoms with Gasteiger partial charge in [0.05, 0.1) is 0 Å². The van der Waals surface area contributed by atoms with Crippen LogP contribution in [0.4, 0.5) is 0 Å². The fourth-order valence-corrected chi connectivity index (χ4v) is 4.66. The lowest BCUT2D eigenvalue weighted by molar-refractivity contribution is 0.0107. The number of allylic oxidation sites excluding steroid dienone is 2. The molecule has 0 radical (unpaired) electrons. The van der Waals surface area contributed by atoms with Crippen molar-refractivity contribution in [2.75, 3.05) is 0 Å². The van der Waals surface area contributed by atoms with Crippen LogP contribution in [-0.2, 0) is 6.42 Å². The Balaban J connectivity index is 1.84. The number of benzene rings is 1. The maximum Gasteiger partial charge on any atom is 0.127 e. The quantitative estimate of drug-likeness (QED) is 0.471. The summed E-state index contributed by atoms with van der Waals surface area (Å²) in [5, 5.41) is 10.8. The highest BCUT2D eigenvalue weighted by molar-refractivity contribution is 5.53. The van der Waals surface area contributed by atoms with E-state index < -0.39 is 0 Å². The number of unbranched alkanes of at least 4 members (excludes halogenated alkanes) is 4. The van der Waals surface area contributed by atoms with Gasteiger partial charge >= 0.3 is 0 Å². The summed E-state index contributed by atoms with van der Waals surface area (Å²) < 4.78 is 6.40. The van der Waals surface area contributed by atoms with Gasteiger partial charge in [0.25, 0.3) is 0 Å². The molecule has 138 valence electrons. The molecular weight excluding hydrogens is 308 g/mol. The molecule has 1 aliphatic heterocycles. The average Bonchev–Trinajstić information content (AvgIpc) is 2.53. The van der Waals surface area contributed by atoms with Crippen molar-refractivity contribution in [1.29, 1.82) is 0 Å². The van der Waals surface area contributed by atoms with Gasteiger partial charge in [0.1, 0.15) is 17.1 Å². The van der Waals surface area contributed by atoms with Crippen molar-refractivity contribution >= 4 is 0 Å². The average molecular weight is 343 g/mol. The molecule has 1 aliphatic carbocycles. The lowest BCUT2D eigenvalue weighted by atomic mass is 9.68. The molecule has 0 saturated heterocycles. The van der Waals surface area contributed by atoms with Crippen molar-refractivity contribution in [2.24, 2.45) is 5.92 Å². The molecule has 0 amide bonds. The molecule has 1 N–H and O–H groups in total. The summed E-state index contributed by atoms with van der Waals surface area (Å²) in [6, 6.07) is 4.17. The van der Waals surface area contributed by atoms with E-state index in [1.165, 1.54) is 43.2 Å². The Morgan fingerprint density at radius 2 is 1.92 bits per heavy atom. The number of aromatic hydroxyl groups is 1. The molecule has 2 aliphatic rings. The van der Waals surface area contributed by atoms with E-state index >= 15 is 0 Å². The van der Waals surface area contributed by atoms with Crippen LogP contribution in [0, 0.1) is 5.92 Å². The first-order valence-corrected chi connectivity index (χ1v) is 10.1. The van der Waals surface area contributed by atoms with Gasteiger partial charge in [-0.1, -0.05) is 44.3 Å². The fourth-order valence-electron chi connectivity index (χ4n) is 4.66. The Hall–Kier alpha value is -1.44. The van der Waals surface area contributed by atoms with Gasteiger partial charge in [-0.05, 0) is 64.2 Å². The molecule has 1 aromatic carbocycles. The monoisotopic (exact) mass is 342 g/mol. The van der Waals surface area contributed by atoms with Crippen LogP contribution >= 0.6 is 0 Å². The van der Waals surface area contributed by atoms with Gasteiger partial charge in [0.15, 0.2) is 0 Å². The third-order valence-electron chi connectivity index (χ3n) is 6.10. The first-order valence-electron chi connectivity index (χ1n) is 10.1. The molecule has 0 aromatic heterocycles. The van der Waals surface area contributed by atoms with E-state index in [-0.39, 0.29) is 11.5 Å². The van der Waals surface area contributed by atoms with Gasteiger partial charge in [-0.3, -0.25) is 0 Å². The van der Waals surface area contributed by atoms with Crippen LogP contribution in [-0.4, -0.2) is 10.7 Å². The molecule has 25 heavy (non-hydrogen) atoms. The maximum absolute atomic E-state index is 10.8. The zero-order valence-electron chi connectivity index (χ0n) is 16.4. The summed E-state index contributed by atoms with van der Waals surface area (Å²) in [6.45, 7) is 8.86. The van der Waals surface area contributed by atoms with Gasteiger partial charge in [-0.25, -0.2) is 0 Å². The van der Waals surface area contributed by atoms with Crippen LogP contribution < -0.4 is 4.74 Å². The van der Waals surface area contributed by atoms with Crippen LogP contribution in [0.1, 0.15) is 89.7 Å². The second-order valence-corrected chi connectivity index (χ2v) is 8.58. The second kappa shape index (κ2) is 7.43. The molecule has 0 fully saturated rings. The third kappa shape index (κ3) is 3.88. The summed E-state index contributed by atoms with van der Waals surface area (Å²) in [7, 11) is 0. The standard InChI is InChI=1S/C23H34O2/c1-5-6-7-8-9-10-17-14-20(24)22-18-13-16(2)11-12-19(18)23(3,4)25-21(22)15-17/h13-15,18-19,24H,5-12H2,1-4H3/t18-,19-/m1/s1. The van der Waals surface area contributed by atoms with Gasteiger partial charge < -0.3 is 9.84 Å². The van der Waals surface area contributed by atoms with E-state index in [1.54, 1.807) is 0 Å². The maximum atomic E-state index is 10.8. The summed E-state index contributed by atoms with van der Waals surface area (Å²) >= 11 is 0. The van der Waals surface area contributed by atoms with Gasteiger partial charge in [-0.2, -0.15) is 0 Å². The van der Waals surface area contributed by atoms with E-state index in [0.29, 0.717) is 11.7 Å². The third-order valence-corrected chi connectivity index (χ3v) is 6.10. The van der Waals surface area contributed by atoms with Crippen LogP contribution in [0.15, 0.2) is 23.8 Å². The number of phenolic OH excluding ortho intramolecular Hbond substituents is 1. The van der Waals surface area contributed by atoms with Crippen molar-refractivity contribution in [3.05, 3.63) is 34.9 Å². The lowest BCUT2D eigenvalue weighted by Gasteiger charge is -2.46. The number of phenols is 1. The fraction of sp³-hybridized carbons (Fsp3) is 0.652. The van der Waals surface area contributed by atoms with Gasteiger partial charge in [-0.15, -0.1) is 0 Å². The molecule has 2 atom stereocenters. The molecule has 1 aromatic rings. The first kappa shape index (κ1) is 18.4. The van der Waals surface area contributed by atoms with E-state index in [1.807, 2.05) is 6.07 Å². The van der Waals surface area contributed by atoms with E-state index in [9.17, 15) is 5.11 Å². The minimum atomic E-state index is -0.180. The van der Waals surface area contributed by atoms with Gasteiger partial charge in [0, 0.05) is 17.4 Å². The van der Waals surface area contributed by atoms with Crippen molar-refractivity contribution in [3.63, 3.8) is 0 Å². The minimum Gasteiger partial charge on any atom is -0.507 e. The topological polar surface area (TPSA) is 29.5 Å². The van der Waals surface area contributed by atoms with Crippen LogP contribution in [0.3, 0.4) is 0 Å². The van der Waals surface area contributed by atoms with Crippen molar-refractivity contribution < 1.29 is 9.84 Å². The van der Waals surface area contributed by atoms with Crippen LogP contribution in [0.5, 0.6) is 11.5 Å². The number of rotatable bonds is 6. The second-order valence-electron chi connectivity index (χ2n) is 8.58. The largest absolute Gasteiger partial charge is 0.507 e. The number of fused-ring (bicyclic) bond motifs is 3. The molecule has 2 heteroatoms. The zero-order chi connectivity index (χ0) is 18.0. The summed E-state index contributed by atoms with van der Waals surface area (Å²) in [5.41, 5.74) is 3.47. The Labute approximate surface area is 153 Å². The Bertz CT molecular complexity index is 642. The number of hydrogen-bond acceptors (Lipinski definition) is 2. The Morgan fingerprint density at radius 1 is 1.16 bits per heavy atom. The highest BCUT2D eigenvalue weighted by Crippen LogP contribution is 2.53. The Morgan fingerprint density at radius 3 is 2.68 bits per heavy atom. The molecule has 3 rings (SSSR count). The van der Waals surface area contributed by atoms with Crippen LogP contribution in [0.25, 0.3) is 0 Å². The molecule has 0 saturated carbocycles. The van der Waals surface area contributed by atoms with E-state index in [2.05, 4.69) is 39.8 Å². The van der Waals surface area contributed by atoms with Crippen molar-refractivity contribution in [2.45, 2.75) is 90.6 Å². The highest BCUT2D eigenvalue weighted by Gasteiger charge is 2.45. The first-order chi connectivity index (χ1) is 11.9. The van der Waals surface area contributed by atoms with Crippen LogP contribution in [0.2, 0.25) is 0 Å². The summed E-state index contributed by atoms with van der Waals surface area (Å²) in [4.78, 5) is 0. The number of hydrogen-bond donors (Lipinski definition) is 1. The summed E-state index contributed by atoms with van der Waals surface area (Å²) in [5.74, 6) is 2.05. The lowest BCUT2D eigenvalue weighted by Crippen LogP contribution is -2.45. The molecule has 0 unspecified atom stereocenters. The normalized spacial score (nSPS) is 24.1. The van der Waals surface area contributed by atoms with Crippen molar-refractivity contribution in [1.82, 2.24) is 0 Å². The highest BCUT2D eigenvalue weighted by atomic mass is 16.5. The molecular formula is C23H34O2. The van der Waals surface area contributed by atoms with Gasteiger partial charge in [0.2, 0.25) is 0 Å². The Kier molecular flexibility index (Phi) is 5.46. The predicted octanol–water partition coefficient (Wildman–Crippen LogP) is 6.52. The predicted molar refractivity (Wildman–Crippen MR) is 104 cm³/mol. The molecule has 0 spiro atoms. The van der Waals surface area contributed by atoms with E-state index in [0.717, 1.165) is 30.6 Å². The van der Waals surface area contributed by atoms with E-state index in [4.69, 9.17) is 4.74 Å². The minimum absolute atomic E-state index is 0.180. The summed E-state index contributed by atoms with van der Waals surface area (Å²) in [6.07, 6.45) is 12.0. The molecule has 0 bridgehead atoms. The number of ether oxygens (including phenoxy) is 1. The smallest absolute Gasteiger partial charge is 0.127 e.